The van der Waals surface area contributed by atoms with Gasteiger partial charge < -0.3 is 33.2 Å². The third kappa shape index (κ3) is 7.57. The van der Waals surface area contributed by atoms with E-state index in [0.717, 1.165) is 37.0 Å². The standard InChI is InChI=1S/C33H40O8/c1-35-23-38-30-11-6-8-25-14-17-29-28(40-33(41-29)19-4-3-5-20-33)10-7-9-27(39-32(34)31(25)30)18-21-37-22-24-12-15-26(36-2)16-13-24/h6-8,10-17,27-29H,3-5,9,18-23H2,1-2H3/b10-7-,17-14+/t27-,28+,29+/m1/s1. The highest BCUT2D eigenvalue weighted by Crippen LogP contribution is 2.41. The molecule has 0 radical (unpaired) electrons. The fourth-order valence-corrected chi connectivity index (χ4v) is 5.55. The second-order valence-corrected chi connectivity index (χ2v) is 10.6. The summed E-state index contributed by atoms with van der Waals surface area (Å²) in [7, 11) is 3.19. The number of ether oxygens (including phenoxy) is 7. The summed E-state index contributed by atoms with van der Waals surface area (Å²) in [4.78, 5) is 13.6. The summed E-state index contributed by atoms with van der Waals surface area (Å²) in [5.41, 5.74) is 2.09. The summed E-state index contributed by atoms with van der Waals surface area (Å²) in [5.74, 6) is 0.215. The highest BCUT2D eigenvalue weighted by molar-refractivity contribution is 5.96. The summed E-state index contributed by atoms with van der Waals surface area (Å²) in [6.45, 7) is 0.907. The maximum absolute atomic E-state index is 13.6. The van der Waals surface area contributed by atoms with Crippen LogP contribution >= 0.6 is 0 Å². The number of benzene rings is 2. The van der Waals surface area contributed by atoms with Gasteiger partial charge in [0, 0.05) is 32.8 Å². The van der Waals surface area contributed by atoms with Crippen LogP contribution in [0.25, 0.3) is 6.08 Å². The summed E-state index contributed by atoms with van der Waals surface area (Å²) >= 11 is 0. The van der Waals surface area contributed by atoms with Crippen molar-refractivity contribution in [3.8, 4) is 11.5 Å². The molecule has 1 saturated carbocycles. The lowest BCUT2D eigenvalue weighted by Crippen LogP contribution is -2.33. The minimum absolute atomic E-state index is 0.0168. The first-order valence-corrected chi connectivity index (χ1v) is 14.5. The van der Waals surface area contributed by atoms with Gasteiger partial charge in [0.25, 0.3) is 0 Å². The van der Waals surface area contributed by atoms with Crippen molar-refractivity contribution >= 4 is 12.0 Å². The van der Waals surface area contributed by atoms with Crippen molar-refractivity contribution in [3.05, 3.63) is 77.4 Å². The van der Waals surface area contributed by atoms with E-state index in [1.807, 2.05) is 54.6 Å². The lowest BCUT2D eigenvalue weighted by Gasteiger charge is -2.31. The summed E-state index contributed by atoms with van der Waals surface area (Å²) < 4.78 is 41.2. The minimum Gasteiger partial charge on any atom is -0.497 e. The summed E-state index contributed by atoms with van der Waals surface area (Å²) in [6, 6.07) is 13.2. The van der Waals surface area contributed by atoms with Gasteiger partial charge in [0.1, 0.15) is 35.4 Å². The van der Waals surface area contributed by atoms with Gasteiger partial charge in [0.15, 0.2) is 12.6 Å². The molecule has 0 N–H and O–H groups in total. The zero-order chi connectivity index (χ0) is 28.5. The molecule has 1 saturated heterocycles. The maximum Gasteiger partial charge on any atom is 0.342 e. The monoisotopic (exact) mass is 564 g/mol. The lowest BCUT2D eigenvalue weighted by atomic mass is 9.94. The van der Waals surface area contributed by atoms with Crippen molar-refractivity contribution in [2.45, 2.75) is 75.7 Å². The predicted octanol–water partition coefficient (Wildman–Crippen LogP) is 6.23. The Hall–Kier alpha value is -3.17. The van der Waals surface area contributed by atoms with Crippen LogP contribution in [0.15, 0.2) is 60.7 Å². The second-order valence-electron chi connectivity index (χ2n) is 10.6. The Balaban J connectivity index is 1.35. The number of carbonyl (C=O) groups excluding carboxylic acids is 1. The largest absolute Gasteiger partial charge is 0.497 e. The van der Waals surface area contributed by atoms with E-state index in [-0.39, 0.29) is 19.0 Å². The van der Waals surface area contributed by atoms with Crippen LogP contribution in [-0.2, 0) is 30.3 Å². The van der Waals surface area contributed by atoms with Gasteiger partial charge in [-0.3, -0.25) is 0 Å². The molecule has 5 rings (SSSR count). The lowest BCUT2D eigenvalue weighted by molar-refractivity contribution is -0.187. The highest BCUT2D eigenvalue weighted by Gasteiger charge is 2.46. The van der Waals surface area contributed by atoms with Crippen molar-refractivity contribution in [2.24, 2.45) is 0 Å². The molecule has 3 atom stereocenters. The molecule has 1 spiro atoms. The normalized spacial score (nSPS) is 25.2. The van der Waals surface area contributed by atoms with E-state index < -0.39 is 17.9 Å². The molecule has 2 fully saturated rings. The van der Waals surface area contributed by atoms with Crippen molar-refractivity contribution in [1.82, 2.24) is 0 Å². The van der Waals surface area contributed by atoms with Gasteiger partial charge in [0.2, 0.25) is 0 Å². The fraction of sp³-hybridized carbons (Fsp3) is 0.485. The highest BCUT2D eigenvalue weighted by atomic mass is 16.8. The predicted molar refractivity (Wildman–Crippen MR) is 154 cm³/mol. The van der Waals surface area contributed by atoms with Crippen molar-refractivity contribution in [3.63, 3.8) is 0 Å². The number of rotatable bonds is 9. The van der Waals surface area contributed by atoms with Crippen LogP contribution in [0.5, 0.6) is 11.5 Å². The Morgan fingerprint density at radius 3 is 2.49 bits per heavy atom. The number of fused-ring (bicyclic) bond motifs is 2. The van der Waals surface area contributed by atoms with E-state index in [2.05, 4.69) is 6.08 Å². The molecule has 2 aromatic rings. The van der Waals surface area contributed by atoms with E-state index in [9.17, 15) is 4.79 Å². The Labute approximate surface area is 242 Å². The second kappa shape index (κ2) is 14.1. The molecular weight excluding hydrogens is 524 g/mol. The van der Waals surface area contributed by atoms with Crippen LogP contribution < -0.4 is 9.47 Å². The fourth-order valence-electron chi connectivity index (χ4n) is 5.55. The van der Waals surface area contributed by atoms with E-state index in [1.54, 1.807) is 20.3 Å². The topological polar surface area (TPSA) is 81.7 Å². The summed E-state index contributed by atoms with van der Waals surface area (Å²) in [5, 5.41) is 0. The zero-order valence-electron chi connectivity index (χ0n) is 23.9. The molecule has 0 unspecified atom stereocenters. The quantitative estimate of drug-likeness (QED) is 0.154. The van der Waals surface area contributed by atoms with Crippen LogP contribution in [0.2, 0.25) is 0 Å². The van der Waals surface area contributed by atoms with Gasteiger partial charge >= 0.3 is 5.97 Å². The number of hydrogen-bond acceptors (Lipinski definition) is 8. The maximum atomic E-state index is 13.6. The van der Waals surface area contributed by atoms with Gasteiger partial charge in [-0.1, -0.05) is 55.0 Å². The number of cyclic esters (lactones) is 1. The van der Waals surface area contributed by atoms with Crippen LogP contribution in [0.4, 0.5) is 0 Å². The van der Waals surface area contributed by atoms with Crippen LogP contribution in [0, 0.1) is 0 Å². The molecule has 0 aromatic heterocycles. The minimum atomic E-state index is -0.546. The van der Waals surface area contributed by atoms with Gasteiger partial charge in [0.05, 0.1) is 20.3 Å². The first-order chi connectivity index (χ1) is 20.1. The molecule has 2 aromatic carbocycles. The molecule has 2 aliphatic heterocycles. The first-order valence-electron chi connectivity index (χ1n) is 14.5. The van der Waals surface area contributed by atoms with Crippen LogP contribution in [0.3, 0.4) is 0 Å². The smallest absolute Gasteiger partial charge is 0.342 e. The number of carbonyl (C=O) groups is 1. The zero-order valence-corrected chi connectivity index (χ0v) is 23.9. The third-order valence-electron chi connectivity index (χ3n) is 7.71. The molecule has 8 nitrogen and oxygen atoms in total. The Kier molecular flexibility index (Phi) is 10.1. The van der Waals surface area contributed by atoms with Gasteiger partial charge in [-0.25, -0.2) is 4.79 Å². The van der Waals surface area contributed by atoms with Gasteiger partial charge in [-0.2, -0.15) is 0 Å². The molecule has 0 bridgehead atoms. The van der Waals surface area contributed by atoms with Crippen molar-refractivity contribution in [1.29, 1.82) is 0 Å². The van der Waals surface area contributed by atoms with E-state index in [1.165, 1.54) is 6.42 Å². The Bertz CT molecular complexity index is 1200. The number of esters is 1. The van der Waals surface area contributed by atoms with E-state index in [0.29, 0.717) is 42.9 Å². The van der Waals surface area contributed by atoms with E-state index >= 15 is 0 Å². The summed E-state index contributed by atoms with van der Waals surface area (Å²) in [6.07, 6.45) is 13.3. The third-order valence-corrected chi connectivity index (χ3v) is 7.71. The van der Waals surface area contributed by atoms with Crippen LogP contribution in [-0.4, -0.2) is 57.7 Å². The van der Waals surface area contributed by atoms with E-state index in [4.69, 9.17) is 33.2 Å². The first kappa shape index (κ1) is 29.3. The Morgan fingerprint density at radius 2 is 1.73 bits per heavy atom. The SMILES string of the molecule is COCOc1cccc2c1C(=O)O[C@@H](CCOCc1ccc(OC)cc1)C/C=C\[C@@H]1OC3(CCCCC3)O[C@H]1/C=C/2. The average Bonchev–Trinajstić information content (AvgIpc) is 3.32. The van der Waals surface area contributed by atoms with Crippen molar-refractivity contribution < 1.29 is 38.0 Å². The average molecular weight is 565 g/mol. The van der Waals surface area contributed by atoms with Gasteiger partial charge in [-0.05, 0) is 42.2 Å². The molecule has 3 aliphatic rings. The molecule has 0 amide bonds. The van der Waals surface area contributed by atoms with Crippen LogP contribution in [0.1, 0.15) is 66.4 Å². The molecule has 2 heterocycles. The molecule has 1 aliphatic carbocycles. The Morgan fingerprint density at radius 1 is 0.951 bits per heavy atom. The molecule has 41 heavy (non-hydrogen) atoms. The number of hydrogen-bond donors (Lipinski definition) is 0. The molecule has 220 valence electrons. The molecular formula is C33H40O8. The van der Waals surface area contributed by atoms with Gasteiger partial charge in [-0.15, -0.1) is 0 Å². The number of methoxy groups -OCH3 is 2. The molecule has 8 heteroatoms. The van der Waals surface area contributed by atoms with Crippen molar-refractivity contribution in [2.75, 3.05) is 27.6 Å².